The monoisotopic (exact) mass is 118 g/mol. The van der Waals surface area contributed by atoms with E-state index < -0.39 is 0 Å². The molecule has 0 aliphatic heterocycles. The minimum absolute atomic E-state index is 1.21. The van der Waals surface area contributed by atoms with Crippen LogP contribution in [-0.4, -0.2) is 7.85 Å². The van der Waals surface area contributed by atoms with Gasteiger partial charge in [-0.15, -0.1) is 0 Å². The van der Waals surface area contributed by atoms with Crippen molar-refractivity contribution >= 4 is 7.85 Å². The summed E-state index contributed by atoms with van der Waals surface area (Å²) in [6.07, 6.45) is 2.45. The molecule has 1 heteroatoms. The number of rotatable bonds is 2. The first-order valence-corrected chi connectivity index (χ1v) is 3.47. The van der Waals surface area contributed by atoms with Crippen LogP contribution in [0.15, 0.2) is 30.3 Å². The fourth-order valence-electron chi connectivity index (χ4n) is 0.933. The number of hydrogen-bond acceptors (Lipinski definition) is 0. The van der Waals surface area contributed by atoms with Crippen molar-refractivity contribution in [3.8, 4) is 0 Å². The molecule has 0 nitrogen and oxygen atoms in total. The first-order chi connectivity index (χ1) is 4.43. The second kappa shape index (κ2) is 3.34. The van der Waals surface area contributed by atoms with Gasteiger partial charge >= 0.3 is 0 Å². The maximum Gasteiger partial charge on any atom is 0.101 e. The highest BCUT2D eigenvalue weighted by molar-refractivity contribution is 6.08. The lowest BCUT2D eigenvalue weighted by molar-refractivity contribution is 1.13. The van der Waals surface area contributed by atoms with E-state index in [-0.39, 0.29) is 0 Å². The van der Waals surface area contributed by atoms with Gasteiger partial charge < -0.3 is 0 Å². The van der Waals surface area contributed by atoms with E-state index in [1.807, 2.05) is 0 Å². The van der Waals surface area contributed by atoms with E-state index >= 15 is 0 Å². The van der Waals surface area contributed by atoms with Gasteiger partial charge in [0, 0.05) is 0 Å². The summed E-state index contributed by atoms with van der Waals surface area (Å²) in [5.74, 6) is 0. The van der Waals surface area contributed by atoms with Crippen molar-refractivity contribution in [2.24, 2.45) is 0 Å². The fraction of sp³-hybridized carbons (Fsp3) is 0.250. The lowest BCUT2D eigenvalue weighted by Gasteiger charge is -1.93. The van der Waals surface area contributed by atoms with Crippen LogP contribution in [0.5, 0.6) is 0 Å². The van der Waals surface area contributed by atoms with Gasteiger partial charge in [-0.05, 0) is 12.0 Å². The normalized spacial score (nSPS) is 9.33. The standard InChI is InChI=1S/C8H11B/c9-7-6-8-4-2-1-3-5-8/h1-5H,6-7,9H2. The molecule has 1 aromatic carbocycles. The summed E-state index contributed by atoms with van der Waals surface area (Å²) in [5.41, 5.74) is 1.44. The van der Waals surface area contributed by atoms with Crippen LogP contribution < -0.4 is 0 Å². The van der Waals surface area contributed by atoms with Crippen LogP contribution in [-0.2, 0) is 6.42 Å². The predicted molar refractivity (Wildman–Crippen MR) is 43.5 cm³/mol. The molecule has 0 N–H and O–H groups in total. The highest BCUT2D eigenvalue weighted by atomic mass is 13.9. The van der Waals surface area contributed by atoms with Crippen molar-refractivity contribution in [1.29, 1.82) is 0 Å². The third kappa shape index (κ3) is 1.92. The summed E-state index contributed by atoms with van der Waals surface area (Å²) >= 11 is 0. The average Bonchev–Trinajstić information content (AvgIpc) is 1.91. The summed E-state index contributed by atoms with van der Waals surface area (Å²) in [6.45, 7) is 0. The Morgan fingerprint density at radius 1 is 1.11 bits per heavy atom. The molecule has 0 aliphatic rings. The molecule has 0 heterocycles. The van der Waals surface area contributed by atoms with Crippen molar-refractivity contribution in [1.82, 2.24) is 0 Å². The average molecular weight is 118 g/mol. The van der Waals surface area contributed by atoms with E-state index in [9.17, 15) is 0 Å². The molecule has 0 saturated carbocycles. The van der Waals surface area contributed by atoms with Crippen molar-refractivity contribution in [3.63, 3.8) is 0 Å². The van der Waals surface area contributed by atoms with Crippen LogP contribution >= 0.6 is 0 Å². The molecule has 9 heavy (non-hydrogen) atoms. The lowest BCUT2D eigenvalue weighted by atomic mass is 9.98. The molecule has 0 spiro atoms. The zero-order valence-corrected chi connectivity index (χ0v) is 5.80. The summed E-state index contributed by atoms with van der Waals surface area (Å²) in [7, 11) is 2.20. The second-order valence-electron chi connectivity index (χ2n) is 2.24. The van der Waals surface area contributed by atoms with Gasteiger partial charge in [0.2, 0.25) is 0 Å². The molecular weight excluding hydrogens is 107 g/mol. The molecule has 0 bridgehead atoms. The van der Waals surface area contributed by atoms with E-state index in [0.717, 1.165) is 0 Å². The Balaban J connectivity index is 2.61. The molecule has 0 aliphatic carbocycles. The van der Waals surface area contributed by atoms with Gasteiger partial charge in [-0.3, -0.25) is 0 Å². The van der Waals surface area contributed by atoms with Gasteiger partial charge in [-0.1, -0.05) is 36.7 Å². The zero-order valence-electron chi connectivity index (χ0n) is 5.80. The molecule has 0 radical (unpaired) electrons. The topological polar surface area (TPSA) is 0 Å². The van der Waals surface area contributed by atoms with Gasteiger partial charge in [0.1, 0.15) is 7.85 Å². The molecule has 1 rings (SSSR count). The van der Waals surface area contributed by atoms with E-state index in [1.54, 1.807) is 0 Å². The summed E-state index contributed by atoms with van der Waals surface area (Å²) < 4.78 is 0. The number of hydrogen-bond donors (Lipinski definition) is 0. The summed E-state index contributed by atoms with van der Waals surface area (Å²) in [6, 6.07) is 10.6. The molecule has 0 amide bonds. The zero-order chi connectivity index (χ0) is 6.53. The molecular formula is C8H11B. The third-order valence-electron chi connectivity index (χ3n) is 1.38. The van der Waals surface area contributed by atoms with Crippen LogP contribution in [0.3, 0.4) is 0 Å². The molecule has 0 aromatic heterocycles. The number of aryl methyl sites for hydroxylation is 1. The molecule has 1 aromatic rings. The lowest BCUT2D eigenvalue weighted by Crippen LogP contribution is -1.80. The van der Waals surface area contributed by atoms with Gasteiger partial charge in [-0.25, -0.2) is 0 Å². The van der Waals surface area contributed by atoms with Crippen molar-refractivity contribution in [2.75, 3.05) is 0 Å². The van der Waals surface area contributed by atoms with Gasteiger partial charge in [0.25, 0.3) is 0 Å². The third-order valence-corrected chi connectivity index (χ3v) is 1.38. The Bertz CT molecular complexity index is 157. The first kappa shape index (κ1) is 6.41. The Morgan fingerprint density at radius 3 is 2.33 bits per heavy atom. The minimum atomic E-state index is 1.21. The molecule has 0 atom stereocenters. The molecule has 0 saturated heterocycles. The van der Waals surface area contributed by atoms with Crippen LogP contribution in [0, 0.1) is 0 Å². The highest BCUT2D eigenvalue weighted by Crippen LogP contribution is 1.99. The van der Waals surface area contributed by atoms with Crippen LogP contribution in [0.25, 0.3) is 0 Å². The van der Waals surface area contributed by atoms with Gasteiger partial charge in [-0.2, -0.15) is 0 Å². The predicted octanol–water partition coefficient (Wildman–Crippen LogP) is 1.28. The highest BCUT2D eigenvalue weighted by Gasteiger charge is 1.84. The van der Waals surface area contributed by atoms with Gasteiger partial charge in [0.05, 0.1) is 0 Å². The Hall–Kier alpha value is -0.715. The van der Waals surface area contributed by atoms with Crippen LogP contribution in [0.1, 0.15) is 5.56 Å². The maximum atomic E-state index is 2.20. The summed E-state index contributed by atoms with van der Waals surface area (Å²) in [5, 5.41) is 0. The molecule has 46 valence electrons. The van der Waals surface area contributed by atoms with E-state index in [1.165, 1.54) is 18.3 Å². The number of benzene rings is 1. The van der Waals surface area contributed by atoms with E-state index in [2.05, 4.69) is 38.2 Å². The fourth-order valence-corrected chi connectivity index (χ4v) is 0.933. The Kier molecular flexibility index (Phi) is 2.38. The summed E-state index contributed by atoms with van der Waals surface area (Å²) in [4.78, 5) is 0. The van der Waals surface area contributed by atoms with Crippen LogP contribution in [0.4, 0.5) is 0 Å². The second-order valence-corrected chi connectivity index (χ2v) is 2.24. The molecule has 0 unspecified atom stereocenters. The smallest absolute Gasteiger partial charge is 0.0771 e. The van der Waals surface area contributed by atoms with Gasteiger partial charge in [0.15, 0.2) is 0 Å². The van der Waals surface area contributed by atoms with E-state index in [0.29, 0.717) is 0 Å². The Labute approximate surface area is 57.3 Å². The van der Waals surface area contributed by atoms with Crippen molar-refractivity contribution in [2.45, 2.75) is 12.7 Å². The Morgan fingerprint density at radius 2 is 1.78 bits per heavy atom. The largest absolute Gasteiger partial charge is 0.101 e. The molecule has 0 fully saturated rings. The van der Waals surface area contributed by atoms with Crippen molar-refractivity contribution < 1.29 is 0 Å². The van der Waals surface area contributed by atoms with Crippen LogP contribution in [0.2, 0.25) is 6.32 Å². The first-order valence-electron chi connectivity index (χ1n) is 3.47. The quantitative estimate of drug-likeness (QED) is 0.513. The maximum absolute atomic E-state index is 2.20. The SMILES string of the molecule is BCCc1ccccc1. The van der Waals surface area contributed by atoms with E-state index in [4.69, 9.17) is 0 Å². The minimum Gasteiger partial charge on any atom is -0.0771 e. The van der Waals surface area contributed by atoms with Crippen molar-refractivity contribution in [3.05, 3.63) is 35.9 Å².